The lowest BCUT2D eigenvalue weighted by Gasteiger charge is -2.30. The highest BCUT2D eigenvalue weighted by Gasteiger charge is 2.71. The number of esters is 1. The first-order chi connectivity index (χ1) is 11.8. The summed E-state index contributed by atoms with van der Waals surface area (Å²) in [7, 11) is 1.37. The molecular formula is C19H15NO4. The molecular weight excluding hydrogens is 306 g/mol. The maximum absolute atomic E-state index is 12.7. The van der Waals surface area contributed by atoms with Gasteiger partial charge in [0.1, 0.15) is 0 Å². The summed E-state index contributed by atoms with van der Waals surface area (Å²) in [6, 6.07) is 17.6. The van der Waals surface area contributed by atoms with Crippen LogP contribution in [0.25, 0.3) is 0 Å². The molecule has 2 aromatic rings. The van der Waals surface area contributed by atoms with Crippen LogP contribution in [0, 0.1) is 5.92 Å². The molecule has 1 fully saturated rings. The highest BCUT2D eigenvalue weighted by Crippen LogP contribution is 2.61. The Bertz CT molecular complexity index is 863. The molecule has 5 nitrogen and oxygen atoms in total. The Balaban J connectivity index is 1.67. The monoisotopic (exact) mass is 321 g/mol. The molecule has 120 valence electrons. The SMILES string of the molecule is COC(=O)[C@@]12O[C@@H](c3ccccc31)[C@@H]1C(c3ccccc3)=NO[C@@H]12. The van der Waals surface area contributed by atoms with E-state index in [2.05, 4.69) is 5.16 Å². The Morgan fingerprint density at radius 2 is 1.88 bits per heavy atom. The predicted octanol–water partition coefficient (Wildman–Crippen LogP) is 2.56. The van der Waals surface area contributed by atoms with Crippen molar-refractivity contribution in [2.24, 2.45) is 11.1 Å². The van der Waals surface area contributed by atoms with Crippen molar-refractivity contribution in [2.75, 3.05) is 7.11 Å². The minimum atomic E-state index is -1.24. The number of hydrogen-bond acceptors (Lipinski definition) is 5. The average Bonchev–Trinajstić information content (AvgIpc) is 3.31. The van der Waals surface area contributed by atoms with Crippen LogP contribution in [0.3, 0.4) is 0 Å². The second kappa shape index (κ2) is 4.68. The Morgan fingerprint density at radius 3 is 2.67 bits per heavy atom. The van der Waals surface area contributed by atoms with Crippen molar-refractivity contribution in [3.05, 3.63) is 71.3 Å². The van der Waals surface area contributed by atoms with Crippen LogP contribution in [-0.2, 0) is 24.7 Å². The average molecular weight is 321 g/mol. The van der Waals surface area contributed by atoms with Gasteiger partial charge in [-0.15, -0.1) is 0 Å². The van der Waals surface area contributed by atoms with Gasteiger partial charge < -0.3 is 14.3 Å². The molecule has 0 N–H and O–H groups in total. The van der Waals surface area contributed by atoms with Gasteiger partial charge in [-0.2, -0.15) is 0 Å². The summed E-state index contributed by atoms with van der Waals surface area (Å²) in [4.78, 5) is 18.4. The van der Waals surface area contributed by atoms with E-state index >= 15 is 0 Å². The lowest BCUT2D eigenvalue weighted by molar-refractivity contribution is -0.178. The zero-order valence-electron chi connectivity index (χ0n) is 13.0. The van der Waals surface area contributed by atoms with Crippen molar-refractivity contribution in [3.8, 4) is 0 Å². The second-order valence-electron chi connectivity index (χ2n) is 6.25. The molecule has 0 unspecified atom stereocenters. The van der Waals surface area contributed by atoms with E-state index in [0.717, 1.165) is 22.4 Å². The number of nitrogens with zero attached hydrogens (tertiary/aromatic N) is 1. The normalized spacial score (nSPS) is 31.9. The van der Waals surface area contributed by atoms with E-state index in [1.165, 1.54) is 7.11 Å². The van der Waals surface area contributed by atoms with Crippen LogP contribution in [0.15, 0.2) is 59.8 Å². The molecule has 4 atom stereocenters. The van der Waals surface area contributed by atoms with Crippen molar-refractivity contribution in [3.63, 3.8) is 0 Å². The standard InChI is InChI=1S/C19H15NO4/c1-22-18(21)19-13-10-6-5-9-12(13)16(23-19)14-15(20-24-17(14)19)11-7-3-2-4-8-11/h2-10,14,16-17H,1H3/t14-,16-,17-,19+/m0/s1. The van der Waals surface area contributed by atoms with Crippen LogP contribution in [0.1, 0.15) is 22.8 Å². The van der Waals surface area contributed by atoms with Gasteiger partial charge in [0.15, 0.2) is 6.10 Å². The van der Waals surface area contributed by atoms with Crippen LogP contribution < -0.4 is 0 Å². The quantitative estimate of drug-likeness (QED) is 0.798. The number of carbonyl (C=O) groups excluding carboxylic acids is 1. The summed E-state index contributed by atoms with van der Waals surface area (Å²) in [5, 5.41) is 4.30. The number of hydrogen-bond donors (Lipinski definition) is 0. The summed E-state index contributed by atoms with van der Waals surface area (Å²) in [6.07, 6.45) is -0.758. The number of fused-ring (bicyclic) bond motifs is 8. The second-order valence-corrected chi connectivity index (χ2v) is 6.25. The Labute approximate surface area is 138 Å². The lowest BCUT2D eigenvalue weighted by Crippen LogP contribution is -2.47. The molecule has 5 heteroatoms. The van der Waals surface area contributed by atoms with Crippen LogP contribution in [0.5, 0.6) is 0 Å². The summed E-state index contributed by atoms with van der Waals surface area (Å²) in [6.45, 7) is 0. The van der Waals surface area contributed by atoms with Crippen LogP contribution in [0.2, 0.25) is 0 Å². The van der Waals surface area contributed by atoms with E-state index in [1.54, 1.807) is 0 Å². The van der Waals surface area contributed by atoms with Gasteiger partial charge in [-0.05, 0) is 11.1 Å². The lowest BCUT2D eigenvalue weighted by atomic mass is 9.72. The minimum absolute atomic E-state index is 0.124. The Hall–Kier alpha value is -2.66. The largest absolute Gasteiger partial charge is 0.467 e. The Kier molecular flexibility index (Phi) is 2.68. The molecule has 5 rings (SSSR count). The van der Waals surface area contributed by atoms with Gasteiger partial charge in [-0.25, -0.2) is 4.79 Å². The van der Waals surface area contributed by atoms with Crippen molar-refractivity contribution >= 4 is 11.7 Å². The van der Waals surface area contributed by atoms with Gasteiger partial charge in [-0.3, -0.25) is 0 Å². The smallest absolute Gasteiger partial charge is 0.347 e. The molecule has 3 aliphatic heterocycles. The first-order valence-electron chi connectivity index (χ1n) is 7.92. The summed E-state index contributed by atoms with van der Waals surface area (Å²) in [5.41, 5.74) is 2.41. The van der Waals surface area contributed by atoms with E-state index in [9.17, 15) is 4.79 Å². The Morgan fingerprint density at radius 1 is 1.12 bits per heavy atom. The molecule has 3 heterocycles. The van der Waals surface area contributed by atoms with Crippen LogP contribution >= 0.6 is 0 Å². The van der Waals surface area contributed by atoms with E-state index in [-0.39, 0.29) is 12.0 Å². The van der Waals surface area contributed by atoms with E-state index in [1.807, 2.05) is 54.6 Å². The third-order valence-corrected chi connectivity index (χ3v) is 5.17. The molecule has 0 spiro atoms. The first kappa shape index (κ1) is 13.7. The molecule has 24 heavy (non-hydrogen) atoms. The van der Waals surface area contributed by atoms with Gasteiger partial charge in [0, 0.05) is 5.56 Å². The summed E-state index contributed by atoms with van der Waals surface area (Å²) >= 11 is 0. The van der Waals surface area contributed by atoms with Crippen LogP contribution in [-0.4, -0.2) is 24.9 Å². The zero-order chi connectivity index (χ0) is 16.3. The molecule has 0 aliphatic carbocycles. The number of benzene rings is 2. The van der Waals surface area contributed by atoms with Crippen molar-refractivity contribution < 1.29 is 19.1 Å². The highest BCUT2D eigenvalue weighted by atomic mass is 16.7. The summed E-state index contributed by atoms with van der Waals surface area (Å²) in [5.74, 6) is -0.559. The molecule has 2 bridgehead atoms. The van der Waals surface area contributed by atoms with Crippen LogP contribution in [0.4, 0.5) is 0 Å². The summed E-state index contributed by atoms with van der Waals surface area (Å²) < 4.78 is 11.3. The maximum atomic E-state index is 12.7. The van der Waals surface area contributed by atoms with Crippen molar-refractivity contribution in [1.82, 2.24) is 0 Å². The fraction of sp³-hybridized carbons (Fsp3) is 0.263. The number of ether oxygens (including phenoxy) is 2. The van der Waals surface area contributed by atoms with Crippen molar-refractivity contribution in [2.45, 2.75) is 17.8 Å². The molecule has 0 radical (unpaired) electrons. The van der Waals surface area contributed by atoms with Gasteiger partial charge in [-0.1, -0.05) is 59.8 Å². The molecule has 2 aromatic carbocycles. The van der Waals surface area contributed by atoms with Gasteiger partial charge in [0.05, 0.1) is 24.8 Å². The van der Waals surface area contributed by atoms with Crippen molar-refractivity contribution in [1.29, 1.82) is 0 Å². The molecule has 0 amide bonds. The number of oxime groups is 1. The molecule has 3 aliphatic rings. The first-order valence-corrected chi connectivity index (χ1v) is 7.92. The number of rotatable bonds is 2. The van der Waals surface area contributed by atoms with Gasteiger partial charge in [0.25, 0.3) is 0 Å². The fourth-order valence-corrected chi connectivity index (χ4v) is 4.19. The fourth-order valence-electron chi connectivity index (χ4n) is 4.19. The molecule has 0 aromatic heterocycles. The maximum Gasteiger partial charge on any atom is 0.347 e. The molecule has 1 saturated heterocycles. The highest BCUT2D eigenvalue weighted by molar-refractivity contribution is 6.05. The van der Waals surface area contributed by atoms with E-state index in [4.69, 9.17) is 14.3 Å². The van der Waals surface area contributed by atoms with E-state index in [0.29, 0.717) is 0 Å². The zero-order valence-corrected chi connectivity index (χ0v) is 13.0. The van der Waals surface area contributed by atoms with Gasteiger partial charge >= 0.3 is 5.97 Å². The third-order valence-electron chi connectivity index (χ3n) is 5.17. The number of methoxy groups -OCH3 is 1. The predicted molar refractivity (Wildman–Crippen MR) is 85.3 cm³/mol. The van der Waals surface area contributed by atoms with E-state index < -0.39 is 17.7 Å². The minimum Gasteiger partial charge on any atom is -0.467 e. The molecule has 0 saturated carbocycles. The third kappa shape index (κ3) is 1.48. The number of carbonyl (C=O) groups is 1. The topological polar surface area (TPSA) is 57.1 Å². The van der Waals surface area contributed by atoms with Gasteiger partial charge in [0.2, 0.25) is 5.60 Å².